The molecule has 0 aromatic heterocycles. The molecule has 1 amide bonds. The van der Waals surface area contributed by atoms with Gasteiger partial charge in [0.15, 0.2) is 0 Å². The molecule has 1 rings (SSSR count). The van der Waals surface area contributed by atoms with Crippen LogP contribution in [0.2, 0.25) is 0 Å². The van der Waals surface area contributed by atoms with Gasteiger partial charge in [0.25, 0.3) is 0 Å². The average molecular weight is 188 g/mol. The first-order valence-electron chi connectivity index (χ1n) is 4.90. The van der Waals surface area contributed by atoms with E-state index < -0.39 is 17.8 Å². The lowest BCUT2D eigenvalue weighted by Crippen LogP contribution is -2.35. The number of aliphatic hydroxyl groups is 1. The van der Waals surface area contributed by atoms with Gasteiger partial charge in [0, 0.05) is 13.1 Å². The van der Waals surface area contributed by atoms with E-state index in [1.165, 1.54) is 4.90 Å². The molecule has 0 spiro atoms. The molecule has 1 unspecified atom stereocenters. The van der Waals surface area contributed by atoms with Crippen LogP contribution in [-0.2, 0) is 4.74 Å². The van der Waals surface area contributed by atoms with E-state index in [0.29, 0.717) is 6.54 Å². The van der Waals surface area contributed by atoms with Crippen molar-refractivity contribution in [2.24, 2.45) is 0 Å². The number of hydrogen-bond donors (Lipinski definition) is 1. The molecule has 4 heteroatoms. The van der Waals surface area contributed by atoms with E-state index in [9.17, 15) is 9.90 Å². The molecule has 4 nitrogen and oxygen atoms in total. The maximum atomic E-state index is 11.5. The number of likely N-dealkylation sites (tertiary alicyclic amines) is 1. The highest BCUT2D eigenvalue weighted by Gasteiger charge is 2.28. The summed E-state index contributed by atoms with van der Waals surface area (Å²) in [5.41, 5.74) is -0.528. The smallest absolute Gasteiger partial charge is 0.410 e. The van der Waals surface area contributed by atoms with Crippen molar-refractivity contribution in [2.75, 3.05) is 13.1 Å². The highest BCUT2D eigenvalue weighted by Crippen LogP contribution is 2.14. The van der Waals surface area contributed by atoms with Gasteiger partial charge in [-0.3, -0.25) is 0 Å². The molecule has 0 radical (unpaired) electrons. The van der Waals surface area contributed by atoms with Gasteiger partial charge in [-0.15, -0.1) is 0 Å². The maximum absolute atomic E-state index is 11.5. The summed E-state index contributed by atoms with van der Waals surface area (Å²) >= 11 is 0. The van der Waals surface area contributed by atoms with Crippen molar-refractivity contribution in [1.29, 1.82) is 0 Å². The molecular weight excluding hydrogens is 170 g/mol. The fraction of sp³-hybridized carbons (Fsp3) is 0.889. The van der Waals surface area contributed by atoms with Crippen LogP contribution in [0.15, 0.2) is 0 Å². The number of carbonyl (C=O) groups is 1. The molecule has 0 aromatic carbocycles. The summed E-state index contributed by atoms with van der Waals surface area (Å²) in [6.07, 6.45) is -1.68. The van der Waals surface area contributed by atoms with E-state index in [2.05, 4.69) is 0 Å². The van der Waals surface area contributed by atoms with Crippen molar-refractivity contribution in [2.45, 2.75) is 38.9 Å². The van der Waals surface area contributed by atoms with Gasteiger partial charge < -0.3 is 14.7 Å². The van der Waals surface area contributed by atoms with Gasteiger partial charge in [-0.05, 0) is 27.2 Å². The second kappa shape index (κ2) is 3.54. The molecule has 0 aromatic rings. The largest absolute Gasteiger partial charge is 0.444 e. The standard InChI is InChI=1S/C9H17NO3/c1-9(2,3)13-8(12)10-5-4-7(11)6-10/h7,11H,4-6H2,1-3H3/i7D. The Bertz CT molecular complexity index is 235. The minimum atomic E-state index is -1.50. The van der Waals surface area contributed by atoms with Crippen molar-refractivity contribution < 1.29 is 16.0 Å². The van der Waals surface area contributed by atoms with Crippen LogP contribution in [0.3, 0.4) is 0 Å². The Morgan fingerprint density at radius 1 is 1.69 bits per heavy atom. The molecule has 0 aliphatic carbocycles. The molecule has 1 heterocycles. The van der Waals surface area contributed by atoms with E-state index in [1.54, 1.807) is 20.8 Å². The molecule has 1 saturated heterocycles. The molecule has 0 saturated carbocycles. The van der Waals surface area contributed by atoms with Gasteiger partial charge in [-0.25, -0.2) is 4.79 Å². The zero-order chi connectivity index (χ0) is 11.0. The van der Waals surface area contributed by atoms with Gasteiger partial charge >= 0.3 is 6.09 Å². The van der Waals surface area contributed by atoms with Crippen molar-refractivity contribution in [3.05, 3.63) is 0 Å². The summed E-state index contributed by atoms with van der Waals surface area (Å²) in [7, 11) is 0. The van der Waals surface area contributed by atoms with Crippen molar-refractivity contribution in [1.82, 2.24) is 4.90 Å². The number of rotatable bonds is 0. The van der Waals surface area contributed by atoms with Crippen LogP contribution < -0.4 is 0 Å². The van der Waals surface area contributed by atoms with Gasteiger partial charge in [0.1, 0.15) is 5.60 Å². The highest BCUT2D eigenvalue weighted by molar-refractivity contribution is 5.68. The predicted octanol–water partition coefficient (Wildman–Crippen LogP) is 0.988. The summed E-state index contributed by atoms with van der Waals surface area (Å²) in [4.78, 5) is 12.8. The average Bonchev–Trinajstić information content (AvgIpc) is 2.26. The van der Waals surface area contributed by atoms with Crippen LogP contribution in [0.5, 0.6) is 0 Å². The zero-order valence-electron chi connectivity index (χ0n) is 9.33. The molecular formula is C9H17NO3. The van der Waals surface area contributed by atoms with Crippen LogP contribution >= 0.6 is 0 Å². The number of nitrogens with zero attached hydrogens (tertiary/aromatic N) is 1. The van der Waals surface area contributed by atoms with Crippen molar-refractivity contribution in [3.63, 3.8) is 0 Å². The quantitative estimate of drug-likeness (QED) is 0.616. The number of β-amino-alcohol motifs (C(OH)–C–C–N with tert-alkyl or cyclic N) is 1. The number of carbonyl (C=O) groups excluding carboxylic acids is 1. The fourth-order valence-corrected chi connectivity index (χ4v) is 1.12. The van der Waals surface area contributed by atoms with Crippen LogP contribution in [0, 0.1) is 0 Å². The maximum Gasteiger partial charge on any atom is 0.410 e. The molecule has 0 bridgehead atoms. The predicted molar refractivity (Wildman–Crippen MR) is 48.4 cm³/mol. The first-order chi connectivity index (χ1) is 6.20. The molecule has 1 fully saturated rings. The first kappa shape index (κ1) is 8.81. The Hall–Kier alpha value is -0.770. The highest BCUT2D eigenvalue weighted by atomic mass is 16.6. The van der Waals surface area contributed by atoms with E-state index in [0.717, 1.165) is 0 Å². The zero-order valence-corrected chi connectivity index (χ0v) is 8.33. The molecule has 1 N–H and O–H groups in total. The van der Waals surface area contributed by atoms with Gasteiger partial charge in [0.05, 0.1) is 7.45 Å². The Morgan fingerprint density at radius 3 is 2.69 bits per heavy atom. The SMILES string of the molecule is [2H]C1(O)CCN(C(=O)OC(C)(C)C)C1. The van der Waals surface area contributed by atoms with E-state index >= 15 is 0 Å². The summed E-state index contributed by atoms with van der Waals surface area (Å²) < 4.78 is 12.5. The third-order valence-corrected chi connectivity index (χ3v) is 1.70. The fourth-order valence-electron chi connectivity index (χ4n) is 1.12. The Morgan fingerprint density at radius 2 is 2.31 bits per heavy atom. The Kier molecular flexibility index (Phi) is 2.40. The second-order valence-corrected chi connectivity index (χ2v) is 4.22. The lowest BCUT2D eigenvalue weighted by atomic mass is 10.2. The third kappa shape index (κ3) is 3.22. The van der Waals surface area contributed by atoms with E-state index in [4.69, 9.17) is 6.11 Å². The summed E-state index contributed by atoms with van der Waals surface area (Å²) in [5, 5.41) is 9.33. The lowest BCUT2D eigenvalue weighted by Gasteiger charge is -2.24. The van der Waals surface area contributed by atoms with Gasteiger partial charge in [0.2, 0.25) is 0 Å². The number of ether oxygens (including phenoxy) is 1. The topological polar surface area (TPSA) is 49.8 Å². The van der Waals surface area contributed by atoms with Gasteiger partial charge in [-0.1, -0.05) is 0 Å². The second-order valence-electron chi connectivity index (χ2n) is 4.22. The first-order valence-corrected chi connectivity index (χ1v) is 4.40. The van der Waals surface area contributed by atoms with Crippen LogP contribution in [-0.4, -0.2) is 40.9 Å². The van der Waals surface area contributed by atoms with Gasteiger partial charge in [-0.2, -0.15) is 0 Å². The van der Waals surface area contributed by atoms with Crippen LogP contribution in [0.25, 0.3) is 0 Å². The summed E-state index contributed by atoms with van der Waals surface area (Å²) in [5.74, 6) is 0. The van der Waals surface area contributed by atoms with Crippen LogP contribution in [0.4, 0.5) is 4.79 Å². The summed E-state index contributed by atoms with van der Waals surface area (Å²) in [6.45, 7) is 5.77. The lowest BCUT2D eigenvalue weighted by molar-refractivity contribution is 0.0270. The number of hydrogen-bond acceptors (Lipinski definition) is 3. The molecule has 1 atom stereocenters. The Labute approximate surface area is 79.9 Å². The molecule has 76 valence electrons. The minimum Gasteiger partial charge on any atom is -0.444 e. The Balaban J connectivity index is 2.48. The molecule has 13 heavy (non-hydrogen) atoms. The van der Waals surface area contributed by atoms with E-state index in [-0.39, 0.29) is 13.0 Å². The van der Waals surface area contributed by atoms with Crippen LogP contribution in [0.1, 0.15) is 28.6 Å². The molecule has 1 aliphatic rings. The molecule has 1 aliphatic heterocycles. The monoisotopic (exact) mass is 188 g/mol. The summed E-state index contributed by atoms with van der Waals surface area (Å²) in [6, 6.07) is 0. The van der Waals surface area contributed by atoms with Crippen molar-refractivity contribution in [3.8, 4) is 0 Å². The minimum absolute atomic E-state index is 0.0297. The van der Waals surface area contributed by atoms with Crippen molar-refractivity contribution >= 4 is 6.09 Å². The number of amides is 1. The van der Waals surface area contributed by atoms with E-state index in [1.807, 2.05) is 0 Å². The third-order valence-electron chi connectivity index (χ3n) is 1.70. The normalized spacial score (nSPS) is 30.2.